The molecule has 1 aromatic rings. The molecule has 0 saturated heterocycles. The Kier molecular flexibility index (Phi) is 6.29. The molecule has 124 valence electrons. The summed E-state index contributed by atoms with van der Waals surface area (Å²) >= 11 is 0. The first-order valence-electron chi connectivity index (χ1n) is 7.21. The van der Waals surface area contributed by atoms with Crippen molar-refractivity contribution in [2.45, 2.75) is 32.6 Å². The number of hydrogen-bond acceptors (Lipinski definition) is 5. The molecule has 5 nitrogen and oxygen atoms in total. The van der Waals surface area contributed by atoms with Gasteiger partial charge in [-0.25, -0.2) is 4.79 Å². The van der Waals surface area contributed by atoms with Crippen molar-refractivity contribution in [1.29, 1.82) is 0 Å². The standard InChI is InChI=1S/C16H26O5Si/c1-11-14(16(17)21-8-9-22(5,6)7)12(18-2)10-13(19-3)15(11)20-4/h10H,8-9H2,1-7H3. The molecule has 1 aromatic carbocycles. The van der Waals surface area contributed by atoms with Crippen LogP contribution in [0.1, 0.15) is 15.9 Å². The summed E-state index contributed by atoms with van der Waals surface area (Å²) in [4.78, 5) is 12.4. The number of carbonyl (C=O) groups excluding carboxylic acids is 1. The Morgan fingerprint density at radius 3 is 2.09 bits per heavy atom. The summed E-state index contributed by atoms with van der Waals surface area (Å²) in [5, 5.41) is 0. The first-order valence-corrected chi connectivity index (χ1v) is 10.9. The number of esters is 1. The van der Waals surface area contributed by atoms with Gasteiger partial charge in [-0.15, -0.1) is 0 Å². The van der Waals surface area contributed by atoms with Gasteiger partial charge in [-0.1, -0.05) is 19.6 Å². The van der Waals surface area contributed by atoms with Crippen LogP contribution >= 0.6 is 0 Å². The number of ether oxygens (including phenoxy) is 4. The number of hydrogen-bond donors (Lipinski definition) is 0. The molecule has 0 unspecified atom stereocenters. The summed E-state index contributed by atoms with van der Waals surface area (Å²) < 4.78 is 21.3. The Bertz CT molecular complexity index is 534. The SMILES string of the molecule is COc1cc(OC)c(C(=O)OCC[Si](C)(C)C)c(C)c1OC. The average Bonchev–Trinajstić information content (AvgIpc) is 2.44. The molecule has 0 heterocycles. The molecule has 0 bridgehead atoms. The highest BCUT2D eigenvalue weighted by Crippen LogP contribution is 2.39. The number of carbonyl (C=O) groups is 1. The van der Waals surface area contributed by atoms with Gasteiger partial charge in [0.25, 0.3) is 0 Å². The second-order valence-corrected chi connectivity index (χ2v) is 11.9. The van der Waals surface area contributed by atoms with Gasteiger partial charge < -0.3 is 18.9 Å². The molecule has 0 atom stereocenters. The molecule has 0 fully saturated rings. The van der Waals surface area contributed by atoms with Crippen molar-refractivity contribution < 1.29 is 23.7 Å². The Morgan fingerprint density at radius 1 is 1.05 bits per heavy atom. The maximum atomic E-state index is 12.4. The van der Waals surface area contributed by atoms with Gasteiger partial charge in [0.2, 0.25) is 0 Å². The van der Waals surface area contributed by atoms with Crippen LogP contribution < -0.4 is 14.2 Å². The van der Waals surface area contributed by atoms with Crippen molar-refractivity contribution in [2.24, 2.45) is 0 Å². The minimum absolute atomic E-state index is 0.385. The monoisotopic (exact) mass is 326 g/mol. The maximum absolute atomic E-state index is 12.4. The van der Waals surface area contributed by atoms with Gasteiger partial charge >= 0.3 is 5.97 Å². The van der Waals surface area contributed by atoms with E-state index in [1.54, 1.807) is 20.1 Å². The van der Waals surface area contributed by atoms with E-state index in [0.717, 1.165) is 6.04 Å². The van der Waals surface area contributed by atoms with Crippen molar-refractivity contribution in [1.82, 2.24) is 0 Å². The van der Waals surface area contributed by atoms with Gasteiger partial charge in [0.15, 0.2) is 11.5 Å². The molecule has 0 aliphatic rings. The summed E-state index contributed by atoms with van der Waals surface area (Å²) in [5.74, 6) is 1.07. The Labute approximate surface area is 133 Å². The van der Waals surface area contributed by atoms with Crippen LogP contribution in [0.5, 0.6) is 17.2 Å². The Morgan fingerprint density at radius 2 is 1.64 bits per heavy atom. The normalized spacial score (nSPS) is 11.0. The fourth-order valence-electron chi connectivity index (χ4n) is 2.08. The van der Waals surface area contributed by atoms with Gasteiger partial charge in [-0.3, -0.25) is 0 Å². The molecule has 0 saturated carbocycles. The summed E-state index contributed by atoms with van der Waals surface area (Å²) in [7, 11) is 3.35. The quantitative estimate of drug-likeness (QED) is 0.567. The fraction of sp³-hybridized carbons (Fsp3) is 0.562. The third-order valence-electron chi connectivity index (χ3n) is 3.38. The zero-order valence-corrected chi connectivity index (χ0v) is 15.5. The van der Waals surface area contributed by atoms with Crippen LogP contribution in [0.25, 0.3) is 0 Å². The Hall–Kier alpha value is -1.69. The maximum Gasteiger partial charge on any atom is 0.342 e. The molecule has 0 amide bonds. The lowest BCUT2D eigenvalue weighted by atomic mass is 10.1. The van der Waals surface area contributed by atoms with E-state index >= 15 is 0 Å². The number of methoxy groups -OCH3 is 3. The van der Waals surface area contributed by atoms with Crippen molar-refractivity contribution in [3.05, 3.63) is 17.2 Å². The molecule has 0 aromatic heterocycles. The van der Waals surface area contributed by atoms with Crippen LogP contribution in [0.4, 0.5) is 0 Å². The minimum atomic E-state index is -1.25. The third-order valence-corrected chi connectivity index (χ3v) is 5.09. The number of benzene rings is 1. The predicted octanol–water partition coefficient (Wildman–Crippen LogP) is 3.52. The van der Waals surface area contributed by atoms with E-state index in [0.29, 0.717) is 35.0 Å². The highest BCUT2D eigenvalue weighted by molar-refractivity contribution is 6.76. The molecule has 0 aliphatic carbocycles. The summed E-state index contributed by atoms with van der Waals surface area (Å²) in [6, 6.07) is 2.56. The lowest BCUT2D eigenvalue weighted by molar-refractivity contribution is 0.0520. The summed E-state index contributed by atoms with van der Waals surface area (Å²) in [5.41, 5.74) is 1.03. The smallest absolute Gasteiger partial charge is 0.342 e. The number of rotatable bonds is 7. The molecule has 0 N–H and O–H groups in total. The molecule has 0 spiro atoms. The zero-order chi connectivity index (χ0) is 16.9. The molecule has 0 aliphatic heterocycles. The van der Waals surface area contributed by atoms with Crippen LogP contribution in [-0.2, 0) is 4.74 Å². The highest BCUT2D eigenvalue weighted by Gasteiger charge is 2.24. The van der Waals surface area contributed by atoms with E-state index in [1.807, 2.05) is 0 Å². The van der Waals surface area contributed by atoms with E-state index in [1.165, 1.54) is 14.2 Å². The lowest BCUT2D eigenvalue weighted by Crippen LogP contribution is -2.23. The van der Waals surface area contributed by atoms with E-state index in [2.05, 4.69) is 19.6 Å². The minimum Gasteiger partial charge on any atom is -0.496 e. The van der Waals surface area contributed by atoms with Crippen LogP contribution in [0.3, 0.4) is 0 Å². The second-order valence-electron chi connectivity index (χ2n) is 6.26. The molecule has 1 rings (SSSR count). The van der Waals surface area contributed by atoms with E-state index in [4.69, 9.17) is 18.9 Å². The average molecular weight is 326 g/mol. The van der Waals surface area contributed by atoms with Crippen molar-refractivity contribution in [3.63, 3.8) is 0 Å². The van der Waals surface area contributed by atoms with Gasteiger partial charge in [0, 0.05) is 19.7 Å². The highest BCUT2D eigenvalue weighted by atomic mass is 28.3. The van der Waals surface area contributed by atoms with Crippen LogP contribution in [0.15, 0.2) is 6.07 Å². The van der Waals surface area contributed by atoms with E-state index < -0.39 is 14.0 Å². The van der Waals surface area contributed by atoms with Crippen LogP contribution in [0.2, 0.25) is 25.7 Å². The molecular formula is C16H26O5Si. The van der Waals surface area contributed by atoms with Gasteiger partial charge in [-0.2, -0.15) is 0 Å². The molecule has 0 radical (unpaired) electrons. The first-order chi connectivity index (χ1) is 10.2. The van der Waals surface area contributed by atoms with Crippen molar-refractivity contribution in [2.75, 3.05) is 27.9 Å². The van der Waals surface area contributed by atoms with E-state index in [9.17, 15) is 4.79 Å². The Balaban J connectivity index is 3.09. The largest absolute Gasteiger partial charge is 0.496 e. The topological polar surface area (TPSA) is 54.0 Å². The van der Waals surface area contributed by atoms with Crippen molar-refractivity contribution >= 4 is 14.0 Å². The summed E-state index contributed by atoms with van der Waals surface area (Å²) in [6.07, 6.45) is 0. The molecule has 22 heavy (non-hydrogen) atoms. The first kappa shape index (κ1) is 18.4. The third kappa shape index (κ3) is 4.40. The zero-order valence-electron chi connectivity index (χ0n) is 14.5. The molecular weight excluding hydrogens is 300 g/mol. The van der Waals surface area contributed by atoms with Crippen molar-refractivity contribution in [3.8, 4) is 17.2 Å². The lowest BCUT2D eigenvalue weighted by Gasteiger charge is -2.18. The van der Waals surface area contributed by atoms with Gasteiger partial charge in [0.1, 0.15) is 11.3 Å². The summed E-state index contributed by atoms with van der Waals surface area (Å²) in [6.45, 7) is 8.93. The fourth-order valence-corrected chi connectivity index (χ4v) is 2.80. The second kappa shape index (κ2) is 7.53. The molecule has 6 heteroatoms. The van der Waals surface area contributed by atoms with Gasteiger partial charge in [-0.05, 0) is 13.0 Å². The van der Waals surface area contributed by atoms with Crippen LogP contribution in [0, 0.1) is 6.92 Å². The predicted molar refractivity (Wildman–Crippen MR) is 89.3 cm³/mol. The van der Waals surface area contributed by atoms with Crippen LogP contribution in [-0.4, -0.2) is 42.0 Å². The van der Waals surface area contributed by atoms with Gasteiger partial charge in [0.05, 0.1) is 27.9 Å². The van der Waals surface area contributed by atoms with E-state index in [-0.39, 0.29) is 0 Å².